The van der Waals surface area contributed by atoms with Gasteiger partial charge in [-0.05, 0) is 43.5 Å². The van der Waals surface area contributed by atoms with Crippen LogP contribution in [0.15, 0.2) is 18.2 Å². The van der Waals surface area contributed by atoms with Crippen LogP contribution in [-0.2, 0) is 9.53 Å². The molecule has 20 heavy (non-hydrogen) atoms. The molecule has 0 saturated heterocycles. The number of nitrogens with one attached hydrogen (secondary N) is 1. The number of carbonyl (C=O) groups excluding carboxylic acids is 2. The summed E-state index contributed by atoms with van der Waals surface area (Å²) in [6, 6.07) is 5.03. The van der Waals surface area contributed by atoms with Gasteiger partial charge in [0.1, 0.15) is 0 Å². The van der Waals surface area contributed by atoms with Crippen LogP contribution in [0.1, 0.15) is 41.6 Å². The lowest BCUT2D eigenvalue weighted by molar-refractivity contribution is -0.121. The summed E-state index contributed by atoms with van der Waals surface area (Å²) < 4.78 is 4.66. The number of amides is 1. The highest BCUT2D eigenvalue weighted by atomic mass is 16.5. The first kappa shape index (κ1) is 14.5. The van der Waals surface area contributed by atoms with E-state index in [1.165, 1.54) is 7.11 Å². The highest BCUT2D eigenvalue weighted by molar-refractivity contribution is 5.99. The van der Waals surface area contributed by atoms with Gasteiger partial charge in [0.15, 0.2) is 0 Å². The SMILES string of the molecule is COC(=O)c1ccc(NC(=O)C2(N)CCCC2)c(C)c1. The second kappa shape index (κ2) is 5.63. The predicted octanol–water partition coefficient (Wildman–Crippen LogP) is 1.99. The Morgan fingerprint density at radius 1 is 1.30 bits per heavy atom. The van der Waals surface area contributed by atoms with Crippen molar-refractivity contribution in [3.8, 4) is 0 Å². The Bertz CT molecular complexity index is 534. The number of carbonyl (C=O) groups is 2. The number of benzene rings is 1. The maximum Gasteiger partial charge on any atom is 0.337 e. The first-order chi connectivity index (χ1) is 9.46. The van der Waals surface area contributed by atoms with Crippen molar-refractivity contribution in [2.75, 3.05) is 12.4 Å². The zero-order valence-electron chi connectivity index (χ0n) is 11.9. The van der Waals surface area contributed by atoms with Crippen molar-refractivity contribution in [2.24, 2.45) is 5.73 Å². The molecule has 1 aromatic carbocycles. The fraction of sp³-hybridized carbons (Fsp3) is 0.467. The Kier molecular flexibility index (Phi) is 4.09. The number of ether oxygens (including phenoxy) is 1. The van der Waals surface area contributed by atoms with Gasteiger partial charge in [-0.25, -0.2) is 4.79 Å². The van der Waals surface area contributed by atoms with Crippen LogP contribution in [0.3, 0.4) is 0 Å². The average molecular weight is 276 g/mol. The minimum atomic E-state index is -0.756. The summed E-state index contributed by atoms with van der Waals surface area (Å²) >= 11 is 0. The van der Waals surface area contributed by atoms with Gasteiger partial charge in [-0.3, -0.25) is 4.79 Å². The lowest BCUT2D eigenvalue weighted by atomic mass is 9.97. The van der Waals surface area contributed by atoms with Gasteiger partial charge in [-0.1, -0.05) is 12.8 Å². The molecule has 0 radical (unpaired) electrons. The second-order valence-corrected chi connectivity index (χ2v) is 5.34. The van der Waals surface area contributed by atoms with Gasteiger partial charge in [0.05, 0.1) is 18.2 Å². The molecule has 0 atom stereocenters. The minimum Gasteiger partial charge on any atom is -0.465 e. The molecule has 1 aliphatic carbocycles. The molecule has 0 heterocycles. The topological polar surface area (TPSA) is 81.4 Å². The predicted molar refractivity (Wildman–Crippen MR) is 76.5 cm³/mol. The molecule has 0 bridgehead atoms. The van der Waals surface area contributed by atoms with E-state index in [1.807, 2.05) is 6.92 Å². The number of aryl methyl sites for hydroxylation is 1. The van der Waals surface area contributed by atoms with Crippen LogP contribution in [0.2, 0.25) is 0 Å². The summed E-state index contributed by atoms with van der Waals surface area (Å²) in [5.41, 5.74) is 7.31. The summed E-state index contributed by atoms with van der Waals surface area (Å²) in [5.74, 6) is -0.541. The molecule has 0 spiro atoms. The van der Waals surface area contributed by atoms with Crippen LogP contribution in [0.25, 0.3) is 0 Å². The number of anilines is 1. The maximum absolute atomic E-state index is 12.2. The van der Waals surface area contributed by atoms with Crippen LogP contribution in [0, 0.1) is 6.92 Å². The number of methoxy groups -OCH3 is 1. The van der Waals surface area contributed by atoms with Crippen LogP contribution < -0.4 is 11.1 Å². The van der Waals surface area contributed by atoms with Crippen molar-refractivity contribution >= 4 is 17.6 Å². The third-order valence-electron chi connectivity index (χ3n) is 3.84. The number of nitrogens with two attached hydrogens (primary N) is 1. The van der Waals surface area contributed by atoms with Gasteiger partial charge in [-0.2, -0.15) is 0 Å². The molecule has 1 aliphatic rings. The highest BCUT2D eigenvalue weighted by Crippen LogP contribution is 2.29. The van der Waals surface area contributed by atoms with E-state index in [9.17, 15) is 9.59 Å². The molecule has 1 amide bonds. The van der Waals surface area contributed by atoms with E-state index in [4.69, 9.17) is 5.73 Å². The third kappa shape index (κ3) is 2.82. The zero-order chi connectivity index (χ0) is 14.8. The van der Waals surface area contributed by atoms with Crippen LogP contribution in [0.5, 0.6) is 0 Å². The van der Waals surface area contributed by atoms with E-state index in [0.717, 1.165) is 31.2 Å². The van der Waals surface area contributed by atoms with Gasteiger partial charge in [0.2, 0.25) is 5.91 Å². The van der Waals surface area contributed by atoms with Crippen molar-refractivity contribution in [3.63, 3.8) is 0 Å². The zero-order valence-corrected chi connectivity index (χ0v) is 11.9. The monoisotopic (exact) mass is 276 g/mol. The van der Waals surface area contributed by atoms with Gasteiger partial charge >= 0.3 is 5.97 Å². The average Bonchev–Trinajstić information content (AvgIpc) is 2.88. The molecule has 0 aromatic heterocycles. The summed E-state index contributed by atoms with van der Waals surface area (Å²) in [5, 5.41) is 2.86. The fourth-order valence-corrected chi connectivity index (χ4v) is 2.53. The van der Waals surface area contributed by atoms with Crippen LogP contribution in [-0.4, -0.2) is 24.5 Å². The number of rotatable bonds is 3. The normalized spacial score (nSPS) is 16.8. The van der Waals surface area contributed by atoms with E-state index >= 15 is 0 Å². The number of hydrogen-bond donors (Lipinski definition) is 2. The molecule has 5 nitrogen and oxygen atoms in total. The van der Waals surface area contributed by atoms with E-state index in [-0.39, 0.29) is 5.91 Å². The smallest absolute Gasteiger partial charge is 0.337 e. The van der Waals surface area contributed by atoms with E-state index in [1.54, 1.807) is 18.2 Å². The Hall–Kier alpha value is -1.88. The molecule has 108 valence electrons. The fourth-order valence-electron chi connectivity index (χ4n) is 2.53. The Balaban J connectivity index is 2.14. The molecule has 5 heteroatoms. The minimum absolute atomic E-state index is 0.149. The van der Waals surface area contributed by atoms with Crippen molar-refractivity contribution in [2.45, 2.75) is 38.1 Å². The molecule has 2 rings (SSSR count). The van der Waals surface area contributed by atoms with Crippen molar-refractivity contribution in [1.29, 1.82) is 0 Å². The Morgan fingerprint density at radius 2 is 1.95 bits per heavy atom. The summed E-state index contributed by atoms with van der Waals surface area (Å²) in [6.45, 7) is 1.83. The lowest BCUT2D eigenvalue weighted by Crippen LogP contribution is -2.48. The van der Waals surface area contributed by atoms with Gasteiger partial charge < -0.3 is 15.8 Å². The van der Waals surface area contributed by atoms with E-state index in [2.05, 4.69) is 10.1 Å². The molecule has 0 aliphatic heterocycles. The summed E-state index contributed by atoms with van der Waals surface area (Å²) in [4.78, 5) is 23.7. The second-order valence-electron chi connectivity index (χ2n) is 5.34. The number of hydrogen-bond acceptors (Lipinski definition) is 4. The molecular formula is C15H20N2O3. The lowest BCUT2D eigenvalue weighted by Gasteiger charge is -2.23. The molecule has 0 unspecified atom stereocenters. The Morgan fingerprint density at radius 3 is 2.50 bits per heavy atom. The summed E-state index contributed by atoms with van der Waals surface area (Å²) in [7, 11) is 1.34. The molecule has 1 aromatic rings. The van der Waals surface area contributed by atoms with E-state index < -0.39 is 11.5 Å². The number of esters is 1. The Labute approximate surface area is 118 Å². The van der Waals surface area contributed by atoms with Gasteiger partial charge in [-0.15, -0.1) is 0 Å². The van der Waals surface area contributed by atoms with Crippen molar-refractivity contribution < 1.29 is 14.3 Å². The molecule has 1 saturated carbocycles. The first-order valence-electron chi connectivity index (χ1n) is 6.75. The molecule has 3 N–H and O–H groups in total. The van der Waals surface area contributed by atoms with Gasteiger partial charge in [0, 0.05) is 5.69 Å². The highest BCUT2D eigenvalue weighted by Gasteiger charge is 2.37. The summed E-state index contributed by atoms with van der Waals surface area (Å²) in [6.07, 6.45) is 3.42. The van der Waals surface area contributed by atoms with Crippen molar-refractivity contribution in [3.05, 3.63) is 29.3 Å². The van der Waals surface area contributed by atoms with Crippen LogP contribution >= 0.6 is 0 Å². The first-order valence-corrected chi connectivity index (χ1v) is 6.75. The quantitative estimate of drug-likeness (QED) is 0.827. The van der Waals surface area contributed by atoms with Crippen molar-refractivity contribution in [1.82, 2.24) is 0 Å². The molecular weight excluding hydrogens is 256 g/mol. The third-order valence-corrected chi connectivity index (χ3v) is 3.84. The van der Waals surface area contributed by atoms with Gasteiger partial charge in [0.25, 0.3) is 0 Å². The largest absolute Gasteiger partial charge is 0.465 e. The van der Waals surface area contributed by atoms with E-state index in [0.29, 0.717) is 11.3 Å². The molecule has 1 fully saturated rings. The maximum atomic E-state index is 12.2. The standard InChI is InChI=1S/C15H20N2O3/c1-10-9-11(13(18)20-2)5-6-12(10)17-14(19)15(16)7-3-4-8-15/h5-6,9H,3-4,7-8,16H2,1-2H3,(H,17,19). The van der Waals surface area contributed by atoms with Crippen LogP contribution in [0.4, 0.5) is 5.69 Å².